The van der Waals surface area contributed by atoms with E-state index in [4.69, 9.17) is 36.7 Å². The number of amides is 3. The maximum Gasteiger partial charge on any atom is 0.411 e. The summed E-state index contributed by atoms with van der Waals surface area (Å²) in [4.78, 5) is 130. The number of nitrogen functional groups attached to an aromatic ring is 1. The molecular formula is C95H107Br4F2N13O12. The highest BCUT2D eigenvalue weighted by molar-refractivity contribution is 9.11. The molecule has 15 rings (SSSR count). The van der Waals surface area contributed by atoms with Gasteiger partial charge < -0.3 is 30.9 Å². The fraction of sp³-hybridized carbons (Fsp3) is 0.389. The topological polar surface area (TPSA) is 309 Å². The van der Waals surface area contributed by atoms with Crippen LogP contribution in [0.25, 0.3) is 32.7 Å². The maximum atomic E-state index is 13.3. The van der Waals surface area contributed by atoms with Crippen LogP contribution in [-0.2, 0) is 40.2 Å². The number of ketones is 2. The highest BCUT2D eigenvalue weighted by Crippen LogP contribution is 2.33. The molecule has 25 nitrogen and oxygen atoms in total. The quantitative estimate of drug-likeness (QED) is 0.0561. The first-order valence-electron chi connectivity index (χ1n) is 41.6. The SMILES string of the molecule is C#Cc1cccc(F)c1.CC(C)(C)OC(=O)N1CCCC1C(=O)O.CCC(=O)c1ccc(Br)cc1N.CCC(=O)c1ccc(Br)cc1NC(=O)C1CCCN1C(=O)OC(C)(C)C.CN1CCCC1c1nc2cc(Br)ccc2c(=O)n1C.CN1CCCC1c1nc2cc(C#Cc3cccc(F)c3)ccc2c(=O)n1C.Cn1c(C2CCCN2)nc2cc(Br)ccc2c1=O. The largest absolute Gasteiger partial charge is 0.480 e. The third kappa shape index (κ3) is 27.0. The molecule has 3 amide bonds. The van der Waals surface area contributed by atoms with Crippen molar-refractivity contribution in [3.8, 4) is 24.2 Å². The molecule has 5 aliphatic rings. The molecule has 5 unspecified atom stereocenters. The van der Waals surface area contributed by atoms with Crippen molar-refractivity contribution < 1.29 is 52.1 Å². The summed E-state index contributed by atoms with van der Waals surface area (Å²) in [6.07, 6.45) is 13.8. The van der Waals surface area contributed by atoms with E-state index >= 15 is 0 Å². The summed E-state index contributed by atoms with van der Waals surface area (Å²) in [7, 11) is 9.56. The van der Waals surface area contributed by atoms with Gasteiger partial charge in [-0.1, -0.05) is 107 Å². The van der Waals surface area contributed by atoms with Gasteiger partial charge in [0, 0.05) is 98.5 Å². The number of benzene rings is 7. The van der Waals surface area contributed by atoms with Crippen LogP contribution in [0, 0.1) is 35.8 Å². The summed E-state index contributed by atoms with van der Waals surface area (Å²) in [6, 6.07) is 38.5. The fourth-order valence-electron chi connectivity index (χ4n) is 14.9. The van der Waals surface area contributed by atoms with E-state index in [-0.39, 0.29) is 63.9 Å². The average Bonchev–Trinajstić information content (AvgIpc) is 1.16. The second kappa shape index (κ2) is 45.2. The molecule has 5 fully saturated rings. The highest BCUT2D eigenvalue weighted by atomic mass is 79.9. The van der Waals surface area contributed by atoms with E-state index < -0.39 is 41.4 Å². The molecule has 5 N–H and O–H groups in total. The van der Waals surface area contributed by atoms with Gasteiger partial charge in [-0.3, -0.25) is 62.1 Å². The first-order valence-corrected chi connectivity index (χ1v) is 44.8. The van der Waals surface area contributed by atoms with Crippen molar-refractivity contribution >= 4 is 143 Å². The summed E-state index contributed by atoms with van der Waals surface area (Å²) >= 11 is 13.5. The van der Waals surface area contributed by atoms with Gasteiger partial charge in [0.25, 0.3) is 16.7 Å². The van der Waals surface area contributed by atoms with Gasteiger partial charge in [0.15, 0.2) is 11.6 Å². The number of fused-ring (bicyclic) bond motifs is 3. The van der Waals surface area contributed by atoms with Gasteiger partial charge in [0.05, 0.1) is 56.5 Å². The van der Waals surface area contributed by atoms with Crippen LogP contribution in [0.2, 0.25) is 0 Å². The third-order valence-corrected chi connectivity index (χ3v) is 23.3. The van der Waals surface area contributed by atoms with Crippen LogP contribution in [0.3, 0.4) is 0 Å². The molecular weight excluding hydrogens is 1870 g/mol. The van der Waals surface area contributed by atoms with E-state index in [9.17, 15) is 51.9 Å². The number of terminal acetylenes is 1. The Hall–Kier alpha value is -10.6. The van der Waals surface area contributed by atoms with Crippen molar-refractivity contribution in [2.75, 3.05) is 57.9 Å². The molecule has 5 aliphatic heterocycles. The van der Waals surface area contributed by atoms with Crippen LogP contribution in [0.5, 0.6) is 0 Å². The van der Waals surface area contributed by atoms with Crippen LogP contribution >= 0.6 is 63.7 Å². The Kier molecular flexibility index (Phi) is 35.5. The van der Waals surface area contributed by atoms with Crippen molar-refractivity contribution in [3.05, 3.63) is 245 Å². The van der Waals surface area contributed by atoms with Crippen LogP contribution in [0.4, 0.5) is 29.7 Å². The Morgan fingerprint density at radius 1 is 0.516 bits per heavy atom. The maximum absolute atomic E-state index is 13.3. The molecule has 5 saturated heterocycles. The number of hydrogen-bond donors (Lipinski definition) is 4. The lowest BCUT2D eigenvalue weighted by molar-refractivity contribution is -0.142. The Balaban J connectivity index is 0.000000170. The molecule has 126 heavy (non-hydrogen) atoms. The number of nitrogens with one attached hydrogen (secondary N) is 2. The number of carbonyl (C=O) groups excluding carboxylic acids is 5. The molecule has 0 radical (unpaired) electrons. The fourth-order valence-corrected chi connectivity index (χ4v) is 16.3. The average molecular weight is 1980 g/mol. The zero-order valence-corrected chi connectivity index (χ0v) is 79.4. The zero-order valence-electron chi connectivity index (χ0n) is 73.0. The van der Waals surface area contributed by atoms with Gasteiger partial charge in [0.1, 0.15) is 52.4 Å². The van der Waals surface area contributed by atoms with E-state index in [1.165, 1.54) is 34.1 Å². The number of hydrogen-bond acceptors (Lipinski definition) is 18. The van der Waals surface area contributed by atoms with Gasteiger partial charge in [-0.15, -0.1) is 6.42 Å². The number of anilines is 2. The Bertz CT molecular complexity index is 5970. The summed E-state index contributed by atoms with van der Waals surface area (Å²) in [6.45, 7) is 18.3. The molecule has 0 aliphatic carbocycles. The Labute approximate surface area is 766 Å². The van der Waals surface area contributed by atoms with Gasteiger partial charge in [-0.05, 0) is 267 Å². The van der Waals surface area contributed by atoms with Crippen LogP contribution < -0.4 is 33.0 Å². The lowest BCUT2D eigenvalue weighted by atomic mass is 10.1. The number of nitrogens with two attached hydrogens (primary N) is 1. The number of Topliss-reactive ketones (excluding diaryl/α,β-unsaturated/α-hetero) is 2. The van der Waals surface area contributed by atoms with E-state index in [0.29, 0.717) is 94.1 Å². The van der Waals surface area contributed by atoms with E-state index in [0.717, 1.165) is 123 Å². The number of aromatic nitrogens is 6. The molecule has 0 saturated carbocycles. The molecule has 666 valence electrons. The number of nitrogens with zero attached hydrogens (tertiary/aromatic N) is 10. The Morgan fingerprint density at radius 3 is 1.37 bits per heavy atom. The van der Waals surface area contributed by atoms with Gasteiger partial charge in [-0.25, -0.2) is 38.1 Å². The molecule has 0 spiro atoms. The van der Waals surface area contributed by atoms with E-state index in [1.54, 1.807) is 143 Å². The van der Waals surface area contributed by atoms with Crippen molar-refractivity contribution in [1.82, 2.24) is 53.6 Å². The lowest BCUT2D eigenvalue weighted by Crippen LogP contribution is -2.45. The number of halogens is 6. The van der Waals surface area contributed by atoms with Crippen molar-refractivity contribution in [3.63, 3.8) is 0 Å². The van der Waals surface area contributed by atoms with Gasteiger partial charge in [-0.2, -0.15) is 0 Å². The number of ether oxygens (including phenoxy) is 2. The second-order valence-electron chi connectivity index (χ2n) is 32.9. The normalized spacial score (nSPS) is 17.1. The monoisotopic (exact) mass is 1980 g/mol. The summed E-state index contributed by atoms with van der Waals surface area (Å²) in [5.74, 6) is 8.99. The predicted molar refractivity (Wildman–Crippen MR) is 502 cm³/mol. The molecule has 10 aromatic rings. The van der Waals surface area contributed by atoms with Crippen LogP contribution in [0.1, 0.15) is 205 Å². The smallest absolute Gasteiger partial charge is 0.411 e. The number of carboxylic acid groups (broad SMARTS) is 1. The van der Waals surface area contributed by atoms with Crippen molar-refractivity contribution in [1.29, 1.82) is 0 Å². The van der Waals surface area contributed by atoms with Crippen LogP contribution in [-0.4, -0.2) is 159 Å². The molecule has 7 aromatic carbocycles. The minimum Gasteiger partial charge on any atom is -0.480 e. The Morgan fingerprint density at radius 2 is 0.929 bits per heavy atom. The minimum absolute atomic E-state index is 0.0243. The number of rotatable bonds is 10. The molecule has 31 heteroatoms. The van der Waals surface area contributed by atoms with E-state index in [1.807, 2.05) is 62.5 Å². The van der Waals surface area contributed by atoms with Crippen molar-refractivity contribution in [2.45, 2.75) is 174 Å². The molecule has 3 aromatic heterocycles. The lowest BCUT2D eigenvalue weighted by Gasteiger charge is -2.28. The number of carbonyl (C=O) groups is 6. The summed E-state index contributed by atoms with van der Waals surface area (Å²) in [5.41, 5.74) is 10.7. The molecule has 8 heterocycles. The van der Waals surface area contributed by atoms with Gasteiger partial charge >= 0.3 is 18.2 Å². The molecule has 0 bridgehead atoms. The van der Waals surface area contributed by atoms with Crippen molar-refractivity contribution in [2.24, 2.45) is 21.1 Å². The minimum atomic E-state index is -0.960. The number of aliphatic carboxylic acids is 1. The first-order chi connectivity index (χ1) is 59.7. The summed E-state index contributed by atoms with van der Waals surface area (Å²) in [5, 5.41) is 17.0. The highest BCUT2D eigenvalue weighted by Gasteiger charge is 2.39. The number of likely N-dealkylation sites (tertiary alicyclic amines) is 4. The van der Waals surface area contributed by atoms with E-state index in [2.05, 4.69) is 121 Å². The third-order valence-electron chi connectivity index (χ3n) is 21.3. The standard InChI is InChI=1S/C22H20FN3O.C19H25BrN2O4.C14H16BrN3O.C13H14BrN3O.C10H17NO4.C9H10BrNO.C8H5F/c1-25-12-4-7-20(25)21-24-19-14-16(10-11-18(19)22(27)26(21)2)9-8-15-5-3-6-17(23)13-15;1-5-16(23)13-9-8-12(20)11-14(13)21-17(24)15-7-6-10-22(15)18(25)26-19(2,3)4;1-17-7-3-4-12(17)13-16-11-8-9(15)5-6-10(11)14(19)18(13)2;1-17-12(10-3-2-6-15-10)16-11-7-8(14)4-5-9(11)13(17)18;1-10(2,3)15-9(14)11-6-4-5-7(11)8(12)13;1-2-9(12)7-4-3-6(10)5-8(7)11;1-2-7-4-3-5-8(9)6-7/h3,5-6,10-11,13-14,20H,4,7,12H2,1-2H3;8-9,11,15H,5-7,10H2,1-4H3,(H,21,24);5-6,8,12H,3-4,7H2,1-2H3;4-5,7,10,15H,2-3,6H2,1H3;7H,4-6H2,1-3H3,(H,12,13);3-5H,2,11H2,1H3;1,3-6H. The molecule has 5 atom stereocenters. The number of carboxylic acids is 1. The first kappa shape index (κ1) is 99.1. The summed E-state index contributed by atoms with van der Waals surface area (Å²) < 4.78 is 44.6. The van der Waals surface area contributed by atoms with Crippen LogP contribution in [0.15, 0.2) is 172 Å². The zero-order chi connectivity index (χ0) is 92.2. The predicted octanol–water partition coefficient (Wildman–Crippen LogP) is 18.1. The second-order valence-corrected chi connectivity index (χ2v) is 36.5. The van der Waals surface area contributed by atoms with Gasteiger partial charge in [0.2, 0.25) is 5.91 Å².